The summed E-state index contributed by atoms with van der Waals surface area (Å²) in [6.45, 7) is 49.8. The normalized spacial score (nSPS) is 11.8. The number of rotatable bonds is 20. The fraction of sp³-hybridized carbons (Fsp3) is 0.488. The van der Waals surface area contributed by atoms with Crippen LogP contribution < -0.4 is 33.3 Å². The molecule has 0 aliphatic carbocycles. The zero-order chi connectivity index (χ0) is 112. The van der Waals surface area contributed by atoms with Crippen LogP contribution in [0.1, 0.15) is 183 Å². The molecule has 0 atom stereocenters. The van der Waals surface area contributed by atoms with Gasteiger partial charge in [-0.3, -0.25) is 74.2 Å². The Morgan fingerprint density at radius 1 is 0.497 bits per heavy atom. The summed E-state index contributed by atoms with van der Waals surface area (Å²) >= 11 is 38.6. The SMILES string of the molecule is BrBr.BrBr.BrC1=NCN=C1Br.BrC1=NCN=C1Br.C1=NCN=C1.C1=NCN=C1.CC(=O)CCl.CC(=O)Cn1nc(Br)c(Br)n1.CC(=O)Cn1nccn1.CC(C)(C)OC(=O)C(C)(C)N.CCOC(=O)c1c(N)sc(-n2nccn2)c1C.CCOC(=O)c1c(NC(=O)NC(C)(C)C(=O)OC(C)(C)C)sc(-n2nccn2)c1C.Cc1c(-n2nccn2)sc2[nH]c(=O)n(C(C)(C)C(=O)OC(C)(C)C)c(=O)c12.Cl.O.O.[C-]#[N+]CC(=O)OCC. The number of carbonyl (C=O) groups excluding carboxylic acids is 10. The lowest BCUT2D eigenvalue weighted by atomic mass is 10.0. The second-order valence-corrected chi connectivity index (χ2v) is 40.4. The number of carbonyl (C=O) groups is 10. The van der Waals surface area contributed by atoms with Crippen molar-refractivity contribution in [2.45, 2.75) is 213 Å². The van der Waals surface area contributed by atoms with Gasteiger partial charge in [-0.05, 0) is 262 Å². The van der Waals surface area contributed by atoms with Crippen molar-refractivity contribution in [2.75, 3.05) is 70.0 Å². The molecule has 0 saturated heterocycles. The summed E-state index contributed by atoms with van der Waals surface area (Å²) in [6.07, 6.45) is 19.1. The van der Waals surface area contributed by atoms with E-state index in [0.717, 1.165) is 45.0 Å². The Balaban J connectivity index is -0.000000805. The third kappa shape index (κ3) is 56.3. The molecular weight excluding hydrogens is 2720 g/mol. The molecule has 11 N–H and O–H groups in total. The highest BCUT2D eigenvalue weighted by Gasteiger charge is 2.39. The van der Waals surface area contributed by atoms with Crippen LogP contribution in [0.15, 0.2) is 108 Å². The maximum Gasteiger partial charge on any atom is 0.387 e. The molecule has 4 aliphatic heterocycles. The molecule has 2 amide bonds. The number of nitrogen functional groups attached to an aromatic ring is 1. The van der Waals surface area contributed by atoms with Gasteiger partial charge in [0.1, 0.15) is 127 Å². The number of ketones is 3. The first kappa shape index (κ1) is 146. The van der Waals surface area contributed by atoms with Gasteiger partial charge in [-0.2, -0.15) is 50.4 Å². The summed E-state index contributed by atoms with van der Waals surface area (Å²) in [5.74, 6) is -2.79. The minimum atomic E-state index is -1.48. The summed E-state index contributed by atoms with van der Waals surface area (Å²) in [6, 6.07) is -0.669. The van der Waals surface area contributed by atoms with E-state index >= 15 is 0 Å². The number of hydrogen-bond acceptors (Lipinski definition) is 41. The number of H-pyrrole nitrogens is 1. The van der Waals surface area contributed by atoms with Crippen molar-refractivity contribution in [2.24, 2.45) is 45.7 Å². The second kappa shape index (κ2) is 73.9. The molecule has 0 saturated carbocycles. The average molecular weight is 2830 g/mol. The summed E-state index contributed by atoms with van der Waals surface area (Å²) in [5, 5.41) is 47.8. The predicted molar refractivity (Wildman–Crippen MR) is 617 cm³/mol. The number of amides is 2. The van der Waals surface area contributed by atoms with Crippen molar-refractivity contribution < 1.29 is 87.3 Å². The van der Waals surface area contributed by atoms with Gasteiger partial charge < -0.3 is 61.0 Å². The Labute approximate surface area is 962 Å². The third-order valence-corrected chi connectivity index (χ3v) is 24.5. The molecule has 149 heavy (non-hydrogen) atoms. The van der Waals surface area contributed by atoms with E-state index in [0.29, 0.717) is 91.0 Å². The zero-order valence-electron chi connectivity index (χ0n) is 85.2. The number of urea groups is 1. The van der Waals surface area contributed by atoms with Crippen LogP contribution in [0.25, 0.3) is 30.1 Å². The second-order valence-electron chi connectivity index (χ2n) is 32.6. The van der Waals surface area contributed by atoms with Gasteiger partial charge in [0.25, 0.3) is 5.56 Å². The van der Waals surface area contributed by atoms with Crippen molar-refractivity contribution in [1.29, 1.82) is 0 Å². The summed E-state index contributed by atoms with van der Waals surface area (Å²) < 4.78 is 35.7. The van der Waals surface area contributed by atoms with Crippen molar-refractivity contribution in [3.8, 4) is 15.0 Å². The number of nitrogens with zero attached hydrogens (tertiary/aromatic N) is 25. The molecule has 0 aromatic carbocycles. The first-order valence-electron chi connectivity index (χ1n) is 42.2. The Morgan fingerprint density at radius 2 is 0.839 bits per heavy atom. The molecule has 50 nitrogen and oxygen atoms in total. The smallest absolute Gasteiger partial charge is 0.387 e. The average Bonchev–Trinajstić information content (AvgIpc) is 1.61. The van der Waals surface area contributed by atoms with Crippen molar-refractivity contribution in [3.63, 3.8) is 0 Å². The molecule has 0 spiro atoms. The van der Waals surface area contributed by atoms with Crippen molar-refractivity contribution in [1.82, 2.24) is 89.8 Å². The monoisotopic (exact) mass is 2820 g/mol. The van der Waals surface area contributed by atoms with E-state index in [9.17, 15) is 57.5 Å². The largest absolute Gasteiger partial charge is 0.462 e. The lowest BCUT2D eigenvalue weighted by Gasteiger charge is -2.29. The minimum absolute atomic E-state index is 0. The number of hydrogen-bond donors (Lipinski definition) is 5. The quantitative estimate of drug-likeness (QED) is 0.0205. The molecule has 13 heterocycles. The van der Waals surface area contributed by atoms with Gasteiger partial charge in [0, 0.05) is 98.1 Å². The number of esters is 6. The topological polar surface area (TPSA) is 677 Å². The van der Waals surface area contributed by atoms with Gasteiger partial charge in [0.15, 0.2) is 20.8 Å². The number of Topliss-reactive ketones (excluding diaryl/α,β-unsaturated/α-hetero) is 3. The molecule has 0 radical (unpaired) electrons. The Morgan fingerprint density at radius 3 is 1.16 bits per heavy atom. The highest BCUT2D eigenvalue weighted by Crippen LogP contribution is 2.37. The summed E-state index contributed by atoms with van der Waals surface area (Å²) in [4.78, 5) is 183. The van der Waals surface area contributed by atoms with Crippen LogP contribution in [0, 0.1) is 27.3 Å². The predicted octanol–water partition coefficient (Wildman–Crippen LogP) is 15.2. The zero-order valence-corrected chi connectivity index (χ0v) is 105. The molecule has 826 valence electrons. The maximum atomic E-state index is 13.2. The number of aliphatic imine (C=N–C) groups is 8. The van der Waals surface area contributed by atoms with Gasteiger partial charge in [-0.25, -0.2) is 44.7 Å². The molecule has 0 unspecified atom stereocenters. The van der Waals surface area contributed by atoms with E-state index in [1.54, 1.807) is 147 Å². The van der Waals surface area contributed by atoms with Crippen LogP contribution in [0.3, 0.4) is 0 Å². The molecule has 13 rings (SSSR count). The molecule has 0 bridgehead atoms. The number of aromatic nitrogens is 17. The van der Waals surface area contributed by atoms with E-state index in [4.69, 9.17) is 53.3 Å². The van der Waals surface area contributed by atoms with Gasteiger partial charge in [-0.15, -0.1) is 48.6 Å². The number of alkyl halides is 1. The van der Waals surface area contributed by atoms with Crippen LogP contribution in [0.4, 0.5) is 14.8 Å². The van der Waals surface area contributed by atoms with Crippen LogP contribution >= 0.6 is 210 Å². The standard InChI is InChI=1S/C19H27N5O5S.C17H21N5O4S.C10H12N4O2S.C8H17NO2.C5H5Br2N3O.C5H7N3O.C5H7NO2.2C3H2Br2N2.C3H5ClO.2C3H4N2.2Br2.ClH.2H2O/c1-8-28-15(25)12-11(2)14(24-20-9-10-21-24)30-13(12)22-17(27)23-19(6,7)16(26)29-18(3,4)5;1-9-10-11(27-13(9)22-18-7-8-19-22)20-15(25)21(12(10)23)17(5,6)14(24)26-16(2,3)4;1-3-16-10(15)7-6(2)9(17-8(7)11)14-12-4-5-13-14;1-7(2,3)11-6(10)8(4,5)9;1-3(11)2-10-8-4(6)5(7)9-10;1-5(9)4-8-6-2-3-7-8;1-3-8-5(7)4-6-2;2*4-2-3(5)7-1-6-2;1-3(5)2-4;2*1-2-5-3-4-1;2*1-2;;;/h9-10H,8H2,1-7H3,(H2,22,23,27);7-8H,1-6H3,(H,20,25);4-5H,3,11H2,1-2H3;9H2,1-5H3;2H2,1H3;2-3H,4H2,1H3;3-4H2,1H3;2*1H2;2H2,1H3;2*1-2H,3H2;;;1H;2*1H2. The van der Waals surface area contributed by atoms with Crippen LogP contribution in [-0.4, -0.2) is 285 Å². The number of fused-ring (bicyclic) bond motifs is 1. The molecule has 9 aromatic rings. The van der Waals surface area contributed by atoms with Crippen LogP contribution in [0.5, 0.6) is 0 Å². The molecule has 9 aromatic heterocycles. The Bertz CT molecular complexity index is 6030. The fourth-order valence-electron chi connectivity index (χ4n) is 9.47. The minimum Gasteiger partial charge on any atom is -0.462 e. The van der Waals surface area contributed by atoms with E-state index in [2.05, 4.69) is 268 Å². The molecule has 4 aliphatic rings. The number of aromatic amines is 1. The van der Waals surface area contributed by atoms with Crippen LogP contribution in [0.2, 0.25) is 0 Å². The van der Waals surface area contributed by atoms with E-state index in [-0.39, 0.29) is 89.4 Å². The fourth-order valence-corrected chi connectivity index (χ4v) is 14.1. The maximum absolute atomic E-state index is 13.2. The van der Waals surface area contributed by atoms with Crippen LogP contribution in [-0.2, 0) is 80.6 Å². The van der Waals surface area contributed by atoms with Gasteiger partial charge >= 0.3 is 54.1 Å². The lowest BCUT2D eigenvalue weighted by Crippen LogP contribution is -2.53. The van der Waals surface area contributed by atoms with E-state index in [1.807, 2.05) is 20.8 Å². The number of aryl methyl sites for hydroxylation is 1. The number of thiophene rings is 3. The number of ether oxygens (including phenoxy) is 6. The number of halogens is 12. The number of nitrogens with two attached hydrogens (primary N) is 2. The number of nitrogens with one attached hydrogen (secondary N) is 3. The lowest BCUT2D eigenvalue weighted by molar-refractivity contribution is -0.165. The molecule has 65 heteroatoms. The van der Waals surface area contributed by atoms with E-state index < -0.39 is 80.5 Å². The van der Waals surface area contributed by atoms with Gasteiger partial charge in [-0.1, -0.05) is 34.0 Å². The number of anilines is 2. The van der Waals surface area contributed by atoms with Gasteiger partial charge in [0.2, 0.25) is 0 Å². The van der Waals surface area contributed by atoms with Gasteiger partial charge in [0.05, 0.1) is 91.8 Å². The highest BCUT2D eigenvalue weighted by atomic mass is 80.9. The highest BCUT2D eigenvalue weighted by molar-refractivity contribution is 9.93. The Hall–Kier alpha value is -9.25. The Kier molecular flexibility index (Phi) is 72.4. The molecular formula is C84H118Br10Cl2N30O20S3. The first-order chi connectivity index (χ1) is 68.1. The van der Waals surface area contributed by atoms with Crippen molar-refractivity contribution in [3.05, 3.63) is 119 Å². The summed E-state index contributed by atoms with van der Waals surface area (Å²) in [7, 11) is 0. The van der Waals surface area contributed by atoms with E-state index in [1.165, 1.54) is 120 Å². The third-order valence-electron chi connectivity index (χ3n) is 15.5. The summed E-state index contributed by atoms with van der Waals surface area (Å²) in [5.41, 5.74) is 7.09. The first-order valence-corrected chi connectivity index (χ1v) is 57.3. The van der Waals surface area contributed by atoms with Crippen molar-refractivity contribution >= 4 is 333 Å². The molecule has 0 fully saturated rings.